The summed E-state index contributed by atoms with van der Waals surface area (Å²) in [4.78, 5) is 4.52. The van der Waals surface area contributed by atoms with Gasteiger partial charge in [0.2, 0.25) is 0 Å². The van der Waals surface area contributed by atoms with E-state index >= 15 is 0 Å². The predicted octanol–water partition coefficient (Wildman–Crippen LogP) is 2.80. The highest BCUT2D eigenvalue weighted by molar-refractivity contribution is 14.0. The molecule has 0 amide bonds. The van der Waals surface area contributed by atoms with Crippen molar-refractivity contribution < 1.29 is 9.84 Å². The van der Waals surface area contributed by atoms with E-state index in [1.54, 1.807) is 17.8 Å². The zero-order valence-electron chi connectivity index (χ0n) is 17.6. The van der Waals surface area contributed by atoms with Gasteiger partial charge in [-0.25, -0.2) is 4.99 Å². The number of hydrogen-bond acceptors (Lipinski definition) is 4. The summed E-state index contributed by atoms with van der Waals surface area (Å²) in [6.07, 6.45) is 5.45. The number of rotatable bonds is 11. The number of unbranched alkanes of at least 4 members (excludes halogenated alkanes) is 1. The Hall–Kier alpha value is -1.65. The highest BCUT2D eigenvalue weighted by Crippen LogP contribution is 2.19. The lowest BCUT2D eigenvalue weighted by atomic mass is 10.0. The van der Waals surface area contributed by atoms with Crippen LogP contribution >= 0.6 is 24.0 Å². The molecule has 0 saturated carbocycles. The summed E-state index contributed by atoms with van der Waals surface area (Å²) < 4.78 is 7.38. The lowest BCUT2D eigenvalue weighted by Gasteiger charge is -2.20. The van der Waals surface area contributed by atoms with Crippen molar-refractivity contribution in [3.63, 3.8) is 0 Å². The Morgan fingerprint density at radius 1 is 1.24 bits per heavy atom. The van der Waals surface area contributed by atoms with Gasteiger partial charge in [-0.3, -0.25) is 4.68 Å². The molecule has 29 heavy (non-hydrogen) atoms. The van der Waals surface area contributed by atoms with E-state index in [-0.39, 0.29) is 30.5 Å². The van der Waals surface area contributed by atoms with E-state index in [4.69, 9.17) is 4.74 Å². The molecule has 1 aromatic heterocycles. The van der Waals surface area contributed by atoms with Gasteiger partial charge in [-0.2, -0.15) is 5.10 Å². The molecule has 0 fully saturated rings. The van der Waals surface area contributed by atoms with Crippen LogP contribution in [-0.2, 0) is 24.0 Å². The van der Waals surface area contributed by atoms with Crippen LogP contribution in [0.2, 0.25) is 0 Å². The Balaban J connectivity index is 0.00000420. The second kappa shape index (κ2) is 13.6. The van der Waals surface area contributed by atoms with E-state index in [9.17, 15) is 5.11 Å². The maximum atomic E-state index is 10.6. The fourth-order valence-corrected chi connectivity index (χ4v) is 2.67. The van der Waals surface area contributed by atoms with Crippen molar-refractivity contribution in [1.82, 2.24) is 20.4 Å². The number of halogens is 1. The number of nitrogens with one attached hydrogen (secondary N) is 2. The molecule has 0 radical (unpaired) electrons. The van der Waals surface area contributed by atoms with Crippen LogP contribution in [0.1, 0.15) is 37.8 Å². The van der Waals surface area contributed by atoms with Crippen molar-refractivity contribution in [3.8, 4) is 0 Å². The molecule has 1 aromatic carbocycles. The van der Waals surface area contributed by atoms with Crippen molar-refractivity contribution >= 4 is 29.9 Å². The quantitative estimate of drug-likeness (QED) is 0.186. The molecule has 162 valence electrons. The van der Waals surface area contributed by atoms with E-state index in [1.165, 1.54) is 5.56 Å². The molecule has 0 bridgehead atoms. The van der Waals surface area contributed by atoms with Crippen molar-refractivity contribution in [2.24, 2.45) is 12.0 Å². The Kier molecular flexibility index (Phi) is 11.9. The van der Waals surface area contributed by atoms with Crippen LogP contribution < -0.4 is 10.6 Å². The monoisotopic (exact) mass is 515 g/mol. The normalized spacial score (nSPS) is 13.4. The second-order valence-electron chi connectivity index (χ2n) is 7.04. The topological polar surface area (TPSA) is 83.7 Å². The fourth-order valence-electron chi connectivity index (χ4n) is 2.67. The van der Waals surface area contributed by atoms with Gasteiger partial charge in [0.05, 0.1) is 19.3 Å². The summed E-state index contributed by atoms with van der Waals surface area (Å²) in [6.45, 7) is 6.99. The lowest BCUT2D eigenvalue weighted by molar-refractivity contribution is 0.0672. The van der Waals surface area contributed by atoms with Gasteiger partial charge in [0.1, 0.15) is 5.60 Å². The molecule has 7 nitrogen and oxygen atoms in total. The van der Waals surface area contributed by atoms with Crippen molar-refractivity contribution in [3.05, 3.63) is 53.9 Å². The molecule has 1 atom stereocenters. The van der Waals surface area contributed by atoms with E-state index in [2.05, 4.69) is 32.9 Å². The number of ether oxygens (including phenoxy) is 1. The molecule has 0 spiro atoms. The van der Waals surface area contributed by atoms with Gasteiger partial charge in [0, 0.05) is 38.5 Å². The van der Waals surface area contributed by atoms with E-state index in [0.29, 0.717) is 12.6 Å². The number of aryl methyl sites for hydroxylation is 1. The minimum atomic E-state index is -1.05. The average Bonchev–Trinajstić information content (AvgIpc) is 3.13. The third kappa shape index (κ3) is 9.60. The SMILES string of the molecule is CCNC(=NCC(C)(O)c1cnn(C)c1)NCCCCOCc1ccccc1.I. The van der Waals surface area contributed by atoms with Crippen LogP contribution in [0.3, 0.4) is 0 Å². The van der Waals surface area contributed by atoms with Gasteiger partial charge in [-0.1, -0.05) is 30.3 Å². The molecule has 1 unspecified atom stereocenters. The third-order valence-corrected chi connectivity index (χ3v) is 4.34. The Morgan fingerprint density at radius 3 is 2.66 bits per heavy atom. The Morgan fingerprint density at radius 2 is 2.00 bits per heavy atom. The number of aromatic nitrogens is 2. The lowest BCUT2D eigenvalue weighted by Crippen LogP contribution is -2.39. The molecule has 3 N–H and O–H groups in total. The Bertz CT molecular complexity index is 719. The highest BCUT2D eigenvalue weighted by Gasteiger charge is 2.24. The third-order valence-electron chi connectivity index (χ3n) is 4.34. The number of hydrogen-bond donors (Lipinski definition) is 3. The summed E-state index contributed by atoms with van der Waals surface area (Å²) in [5.41, 5.74) is 0.898. The van der Waals surface area contributed by atoms with Gasteiger partial charge in [-0.05, 0) is 32.3 Å². The van der Waals surface area contributed by atoms with Crippen LogP contribution in [0.5, 0.6) is 0 Å². The van der Waals surface area contributed by atoms with Crippen LogP contribution in [0.4, 0.5) is 0 Å². The molecule has 0 aliphatic heterocycles. The molecule has 1 heterocycles. The zero-order chi connectivity index (χ0) is 20.2. The van der Waals surface area contributed by atoms with E-state index < -0.39 is 5.60 Å². The van der Waals surface area contributed by atoms with Crippen LogP contribution in [-0.4, -0.2) is 47.1 Å². The molecular weight excluding hydrogens is 481 g/mol. The molecule has 8 heteroatoms. The molecule has 2 rings (SSSR count). The zero-order valence-corrected chi connectivity index (χ0v) is 19.9. The van der Waals surface area contributed by atoms with Crippen LogP contribution in [0.15, 0.2) is 47.7 Å². The van der Waals surface area contributed by atoms with Gasteiger partial charge >= 0.3 is 0 Å². The van der Waals surface area contributed by atoms with Crippen LogP contribution in [0, 0.1) is 0 Å². The number of nitrogens with zero attached hydrogens (tertiary/aromatic N) is 3. The van der Waals surface area contributed by atoms with Crippen molar-refractivity contribution in [1.29, 1.82) is 0 Å². The average molecular weight is 515 g/mol. The number of benzene rings is 1. The number of guanidine groups is 1. The standard InChI is InChI=1S/C21H33N5O2.HI/c1-4-22-20(24-17-21(2,27)19-14-25-26(3)15-19)23-12-8-9-13-28-16-18-10-6-5-7-11-18;/h5-7,10-11,14-15,27H,4,8-9,12-13,16-17H2,1-3H3,(H2,22,23,24);1H. The van der Waals surface area contributed by atoms with Gasteiger partial charge < -0.3 is 20.5 Å². The van der Waals surface area contributed by atoms with Crippen molar-refractivity contribution in [2.75, 3.05) is 26.2 Å². The van der Waals surface area contributed by atoms with Gasteiger partial charge in [0.25, 0.3) is 0 Å². The first-order chi connectivity index (χ1) is 13.5. The summed E-state index contributed by atoms with van der Waals surface area (Å²) in [7, 11) is 1.83. The first kappa shape index (κ1) is 25.4. The highest BCUT2D eigenvalue weighted by atomic mass is 127. The molecule has 0 saturated heterocycles. The fraction of sp³-hybridized carbons (Fsp3) is 0.524. The first-order valence-electron chi connectivity index (χ1n) is 9.86. The van der Waals surface area contributed by atoms with Crippen LogP contribution in [0.25, 0.3) is 0 Å². The van der Waals surface area contributed by atoms with Gasteiger partial charge in [-0.15, -0.1) is 24.0 Å². The van der Waals surface area contributed by atoms with E-state index in [1.807, 2.05) is 38.4 Å². The molecule has 0 aliphatic rings. The largest absolute Gasteiger partial charge is 0.383 e. The molecular formula is C21H34IN5O2. The minimum absolute atomic E-state index is 0. The van der Waals surface area contributed by atoms with E-state index in [0.717, 1.165) is 38.1 Å². The Labute approximate surface area is 191 Å². The minimum Gasteiger partial charge on any atom is -0.383 e. The summed E-state index contributed by atoms with van der Waals surface area (Å²) in [5.74, 6) is 0.705. The second-order valence-corrected chi connectivity index (χ2v) is 7.04. The summed E-state index contributed by atoms with van der Waals surface area (Å²) in [6, 6.07) is 10.2. The summed E-state index contributed by atoms with van der Waals surface area (Å²) >= 11 is 0. The number of aliphatic imine (C=N–C) groups is 1. The summed E-state index contributed by atoms with van der Waals surface area (Å²) in [5, 5.41) is 21.3. The smallest absolute Gasteiger partial charge is 0.191 e. The molecule has 0 aliphatic carbocycles. The number of aliphatic hydroxyl groups is 1. The maximum Gasteiger partial charge on any atom is 0.191 e. The first-order valence-corrected chi connectivity index (χ1v) is 9.86. The van der Waals surface area contributed by atoms with Gasteiger partial charge in [0.15, 0.2) is 5.96 Å². The van der Waals surface area contributed by atoms with Crippen molar-refractivity contribution in [2.45, 2.75) is 38.9 Å². The molecule has 2 aromatic rings. The maximum absolute atomic E-state index is 10.6. The predicted molar refractivity (Wildman–Crippen MR) is 128 cm³/mol.